The molecule has 0 aliphatic rings. The molecular formula is C14H19FN2O. The molecule has 1 aromatic carbocycles. The van der Waals surface area contributed by atoms with Crippen LogP contribution in [0.2, 0.25) is 0 Å². The number of allylic oxidation sites excluding steroid dienone is 1. The fourth-order valence-electron chi connectivity index (χ4n) is 1.74. The van der Waals surface area contributed by atoms with Crippen LogP contribution in [0.3, 0.4) is 0 Å². The zero-order chi connectivity index (χ0) is 13.5. The second-order valence-electron chi connectivity index (χ2n) is 4.11. The van der Waals surface area contributed by atoms with E-state index in [2.05, 4.69) is 5.32 Å². The molecule has 0 aromatic heterocycles. The highest BCUT2D eigenvalue weighted by atomic mass is 19.1. The summed E-state index contributed by atoms with van der Waals surface area (Å²) in [5.74, 6) is -0.415. The Hall–Kier alpha value is -1.84. The first-order valence-electron chi connectivity index (χ1n) is 6.03. The molecule has 0 radical (unpaired) electrons. The topological polar surface area (TPSA) is 55.1 Å². The van der Waals surface area contributed by atoms with E-state index in [1.807, 2.05) is 6.92 Å². The lowest BCUT2D eigenvalue weighted by atomic mass is 10.1. The first-order valence-corrected chi connectivity index (χ1v) is 6.03. The van der Waals surface area contributed by atoms with Crippen molar-refractivity contribution >= 4 is 5.91 Å². The third-order valence-electron chi connectivity index (χ3n) is 2.74. The Kier molecular flexibility index (Phi) is 5.36. The van der Waals surface area contributed by atoms with E-state index in [1.54, 1.807) is 25.1 Å². The van der Waals surface area contributed by atoms with E-state index >= 15 is 0 Å². The predicted octanol–water partition coefficient (Wildman–Crippen LogP) is 2.13. The van der Waals surface area contributed by atoms with Crippen molar-refractivity contribution in [1.29, 1.82) is 0 Å². The zero-order valence-electron chi connectivity index (χ0n) is 10.8. The summed E-state index contributed by atoms with van der Waals surface area (Å²) in [4.78, 5) is 11.7. The monoisotopic (exact) mass is 250 g/mol. The van der Waals surface area contributed by atoms with Crippen molar-refractivity contribution in [3.8, 4) is 0 Å². The van der Waals surface area contributed by atoms with Crippen LogP contribution in [0, 0.1) is 5.82 Å². The number of halogens is 1. The molecule has 98 valence electrons. The molecule has 1 aromatic rings. The predicted molar refractivity (Wildman–Crippen MR) is 70.3 cm³/mol. The molecule has 3 nitrogen and oxygen atoms in total. The van der Waals surface area contributed by atoms with Crippen LogP contribution >= 0.6 is 0 Å². The molecule has 18 heavy (non-hydrogen) atoms. The van der Waals surface area contributed by atoms with Gasteiger partial charge in [0, 0.05) is 17.8 Å². The van der Waals surface area contributed by atoms with Crippen molar-refractivity contribution in [3.05, 3.63) is 46.9 Å². The molecule has 0 fully saturated rings. The highest BCUT2D eigenvalue weighted by Gasteiger charge is 2.09. The Labute approximate surface area is 107 Å². The minimum absolute atomic E-state index is 0.172. The van der Waals surface area contributed by atoms with Crippen LogP contribution < -0.4 is 11.1 Å². The van der Waals surface area contributed by atoms with Gasteiger partial charge < -0.3 is 11.1 Å². The maximum absolute atomic E-state index is 13.3. The summed E-state index contributed by atoms with van der Waals surface area (Å²) >= 11 is 0. The van der Waals surface area contributed by atoms with Gasteiger partial charge in [-0.15, -0.1) is 0 Å². The SMILES string of the molecule is CC/C(C(=O)NCCc1ccccc1F)=C(\C)N. The van der Waals surface area contributed by atoms with E-state index in [-0.39, 0.29) is 11.7 Å². The van der Waals surface area contributed by atoms with Crippen LogP contribution in [0.25, 0.3) is 0 Å². The summed E-state index contributed by atoms with van der Waals surface area (Å²) in [5, 5.41) is 2.75. The molecule has 0 bridgehead atoms. The molecule has 0 spiro atoms. The highest BCUT2D eigenvalue weighted by Crippen LogP contribution is 2.07. The normalized spacial score (nSPS) is 11.9. The standard InChI is InChI=1S/C14H19FN2O/c1-3-12(10(2)16)14(18)17-9-8-11-6-4-5-7-13(11)15/h4-7H,3,8-9,16H2,1-2H3,(H,17,18)/b12-10-. The fourth-order valence-corrected chi connectivity index (χ4v) is 1.74. The second-order valence-corrected chi connectivity index (χ2v) is 4.11. The van der Waals surface area contributed by atoms with Gasteiger partial charge in [0.25, 0.3) is 0 Å². The summed E-state index contributed by atoms with van der Waals surface area (Å²) in [5.41, 5.74) is 7.33. The molecule has 1 rings (SSSR count). The summed E-state index contributed by atoms with van der Waals surface area (Å²) in [6.45, 7) is 3.98. The summed E-state index contributed by atoms with van der Waals surface area (Å²) in [7, 11) is 0. The second kappa shape index (κ2) is 6.79. The molecule has 0 atom stereocenters. The first kappa shape index (κ1) is 14.2. The molecule has 4 heteroatoms. The molecule has 0 saturated heterocycles. The van der Waals surface area contributed by atoms with Gasteiger partial charge in [0.05, 0.1) is 0 Å². The van der Waals surface area contributed by atoms with Crippen LogP contribution in [0.1, 0.15) is 25.8 Å². The van der Waals surface area contributed by atoms with Crippen LogP contribution in [-0.4, -0.2) is 12.5 Å². The van der Waals surface area contributed by atoms with E-state index in [0.717, 1.165) is 0 Å². The average molecular weight is 250 g/mol. The number of carbonyl (C=O) groups excluding carboxylic acids is 1. The molecule has 1 amide bonds. The Morgan fingerprint density at radius 2 is 2.06 bits per heavy atom. The minimum Gasteiger partial charge on any atom is -0.402 e. The summed E-state index contributed by atoms with van der Waals surface area (Å²) in [6.07, 6.45) is 1.06. The molecular weight excluding hydrogens is 231 g/mol. The Morgan fingerprint density at radius 1 is 1.39 bits per heavy atom. The third-order valence-corrected chi connectivity index (χ3v) is 2.74. The lowest BCUT2D eigenvalue weighted by molar-refractivity contribution is -0.117. The lowest BCUT2D eigenvalue weighted by Gasteiger charge is -2.09. The summed E-state index contributed by atoms with van der Waals surface area (Å²) in [6, 6.07) is 6.56. The van der Waals surface area contributed by atoms with Gasteiger partial charge in [-0.1, -0.05) is 25.1 Å². The van der Waals surface area contributed by atoms with Gasteiger partial charge in [0.15, 0.2) is 0 Å². The maximum atomic E-state index is 13.3. The summed E-state index contributed by atoms with van der Waals surface area (Å²) < 4.78 is 13.3. The van der Waals surface area contributed by atoms with E-state index in [4.69, 9.17) is 5.73 Å². The van der Waals surface area contributed by atoms with Gasteiger partial charge in [0.2, 0.25) is 5.91 Å². The average Bonchev–Trinajstić information content (AvgIpc) is 2.32. The fraction of sp³-hybridized carbons (Fsp3) is 0.357. The number of carbonyl (C=O) groups is 1. The van der Waals surface area contributed by atoms with Crippen molar-refractivity contribution in [2.75, 3.05) is 6.54 Å². The van der Waals surface area contributed by atoms with E-state index in [0.29, 0.717) is 36.2 Å². The van der Waals surface area contributed by atoms with E-state index in [9.17, 15) is 9.18 Å². The van der Waals surface area contributed by atoms with Crippen LogP contribution in [0.15, 0.2) is 35.5 Å². The van der Waals surface area contributed by atoms with Gasteiger partial charge in [0.1, 0.15) is 5.82 Å². The molecule has 0 aliphatic carbocycles. The Bertz CT molecular complexity index is 451. The van der Waals surface area contributed by atoms with Crippen molar-refractivity contribution in [1.82, 2.24) is 5.32 Å². The lowest BCUT2D eigenvalue weighted by Crippen LogP contribution is -2.28. The molecule has 0 aliphatic heterocycles. The van der Waals surface area contributed by atoms with Gasteiger partial charge in [-0.3, -0.25) is 4.79 Å². The minimum atomic E-state index is -0.243. The molecule has 3 N–H and O–H groups in total. The molecule has 0 saturated carbocycles. The van der Waals surface area contributed by atoms with Crippen molar-refractivity contribution in [3.63, 3.8) is 0 Å². The van der Waals surface area contributed by atoms with Gasteiger partial charge in [-0.25, -0.2) is 4.39 Å². The van der Waals surface area contributed by atoms with E-state index < -0.39 is 0 Å². The van der Waals surface area contributed by atoms with Crippen LogP contribution in [0.4, 0.5) is 4.39 Å². The number of benzene rings is 1. The largest absolute Gasteiger partial charge is 0.402 e. The number of hydrogen-bond donors (Lipinski definition) is 2. The van der Waals surface area contributed by atoms with Crippen molar-refractivity contribution < 1.29 is 9.18 Å². The maximum Gasteiger partial charge on any atom is 0.248 e. The first-order chi connectivity index (χ1) is 8.56. The van der Waals surface area contributed by atoms with E-state index in [1.165, 1.54) is 6.07 Å². The van der Waals surface area contributed by atoms with Gasteiger partial charge in [-0.05, 0) is 31.4 Å². The smallest absolute Gasteiger partial charge is 0.248 e. The molecule has 0 heterocycles. The van der Waals surface area contributed by atoms with Crippen LogP contribution in [-0.2, 0) is 11.2 Å². The number of rotatable bonds is 5. The van der Waals surface area contributed by atoms with Crippen molar-refractivity contribution in [2.45, 2.75) is 26.7 Å². The number of hydrogen-bond acceptors (Lipinski definition) is 2. The number of nitrogens with one attached hydrogen (secondary N) is 1. The zero-order valence-corrected chi connectivity index (χ0v) is 10.8. The van der Waals surface area contributed by atoms with Gasteiger partial charge >= 0.3 is 0 Å². The Balaban J connectivity index is 2.50. The highest BCUT2D eigenvalue weighted by molar-refractivity contribution is 5.93. The number of amides is 1. The van der Waals surface area contributed by atoms with Gasteiger partial charge in [-0.2, -0.15) is 0 Å². The van der Waals surface area contributed by atoms with Crippen molar-refractivity contribution in [2.24, 2.45) is 5.73 Å². The quantitative estimate of drug-likeness (QED) is 0.786. The number of nitrogens with two attached hydrogens (primary N) is 1. The Morgan fingerprint density at radius 3 is 2.61 bits per heavy atom. The third kappa shape index (κ3) is 3.87. The van der Waals surface area contributed by atoms with Crippen LogP contribution in [0.5, 0.6) is 0 Å². The molecule has 0 unspecified atom stereocenters.